The molecule has 0 heterocycles. The number of methoxy groups -OCH3 is 4. The summed E-state index contributed by atoms with van der Waals surface area (Å²) < 4.78 is 20.6. The number of benzene rings is 2. The normalized spacial score (nSPS) is 11.3. The lowest BCUT2D eigenvalue weighted by Gasteiger charge is -2.18. The van der Waals surface area contributed by atoms with Gasteiger partial charge in [0.25, 0.3) is 5.91 Å². The quantitative estimate of drug-likeness (QED) is 0.715. The molecule has 0 aliphatic heterocycles. The van der Waals surface area contributed by atoms with Crippen molar-refractivity contribution in [3.05, 3.63) is 53.6 Å². The molecule has 2 aromatic carbocycles. The van der Waals surface area contributed by atoms with E-state index in [0.29, 0.717) is 23.7 Å². The molecule has 7 nitrogen and oxygen atoms in total. The summed E-state index contributed by atoms with van der Waals surface area (Å²) in [4.78, 5) is 25.0. The summed E-state index contributed by atoms with van der Waals surface area (Å²) in [6.45, 7) is 0. The Bertz CT molecular complexity index is 791. The van der Waals surface area contributed by atoms with Gasteiger partial charge in [-0.3, -0.25) is 4.79 Å². The number of carbonyl (C=O) groups excluding carboxylic acids is 2. The minimum absolute atomic E-state index is 0.220. The maximum absolute atomic E-state index is 12.8. The molecule has 1 atom stereocenters. The van der Waals surface area contributed by atoms with Crippen LogP contribution in [0.25, 0.3) is 0 Å². The predicted molar refractivity (Wildman–Crippen MR) is 99.5 cm³/mol. The number of nitrogens with one attached hydrogen (secondary N) is 1. The van der Waals surface area contributed by atoms with E-state index in [9.17, 15) is 9.59 Å². The van der Waals surface area contributed by atoms with Gasteiger partial charge in [0, 0.05) is 18.6 Å². The fourth-order valence-electron chi connectivity index (χ4n) is 2.63. The number of amides is 1. The van der Waals surface area contributed by atoms with E-state index in [1.165, 1.54) is 34.5 Å². The molecular weight excluding hydrogens is 350 g/mol. The Morgan fingerprint density at radius 1 is 0.889 bits per heavy atom. The predicted octanol–water partition coefficient (Wildman–Crippen LogP) is 2.23. The third-order valence-corrected chi connectivity index (χ3v) is 4.02. The van der Waals surface area contributed by atoms with Crippen molar-refractivity contribution in [2.75, 3.05) is 28.4 Å². The van der Waals surface area contributed by atoms with Crippen LogP contribution in [-0.2, 0) is 16.0 Å². The Kier molecular flexibility index (Phi) is 7.05. The Balaban J connectivity index is 2.30. The van der Waals surface area contributed by atoms with Crippen molar-refractivity contribution in [1.29, 1.82) is 0 Å². The summed E-state index contributed by atoms with van der Waals surface area (Å²) in [6.07, 6.45) is 0.300. The van der Waals surface area contributed by atoms with Gasteiger partial charge in [-0.05, 0) is 5.56 Å². The molecule has 1 N–H and O–H groups in total. The molecule has 0 unspecified atom stereocenters. The first-order chi connectivity index (χ1) is 13.0. The highest BCUT2D eigenvalue weighted by Crippen LogP contribution is 2.34. The molecular formula is C20H23NO6. The van der Waals surface area contributed by atoms with Crippen LogP contribution in [0.1, 0.15) is 15.9 Å². The van der Waals surface area contributed by atoms with Gasteiger partial charge in [0.2, 0.25) is 0 Å². The van der Waals surface area contributed by atoms with Gasteiger partial charge in [0.15, 0.2) is 11.5 Å². The highest BCUT2D eigenvalue weighted by Gasteiger charge is 2.25. The Hall–Kier alpha value is -3.22. The van der Waals surface area contributed by atoms with E-state index in [-0.39, 0.29) is 5.56 Å². The summed E-state index contributed by atoms with van der Waals surface area (Å²) in [5.41, 5.74) is 1.12. The van der Waals surface area contributed by atoms with Crippen molar-refractivity contribution in [2.45, 2.75) is 12.5 Å². The largest absolute Gasteiger partial charge is 0.496 e. The van der Waals surface area contributed by atoms with E-state index in [0.717, 1.165) is 5.56 Å². The third kappa shape index (κ3) is 4.91. The van der Waals surface area contributed by atoms with Gasteiger partial charge in [-0.2, -0.15) is 0 Å². The minimum Gasteiger partial charge on any atom is -0.496 e. The van der Waals surface area contributed by atoms with Crippen molar-refractivity contribution >= 4 is 11.9 Å². The third-order valence-electron chi connectivity index (χ3n) is 4.02. The fraction of sp³-hybridized carbons (Fsp3) is 0.300. The number of esters is 1. The van der Waals surface area contributed by atoms with Crippen LogP contribution in [0.5, 0.6) is 17.2 Å². The number of rotatable bonds is 8. The second kappa shape index (κ2) is 9.47. The van der Waals surface area contributed by atoms with Crippen molar-refractivity contribution < 1.29 is 28.5 Å². The van der Waals surface area contributed by atoms with Crippen molar-refractivity contribution in [2.24, 2.45) is 0 Å². The van der Waals surface area contributed by atoms with Crippen LogP contribution in [0.15, 0.2) is 42.5 Å². The van der Waals surface area contributed by atoms with E-state index in [1.54, 1.807) is 6.07 Å². The van der Waals surface area contributed by atoms with Crippen molar-refractivity contribution in [1.82, 2.24) is 5.32 Å². The lowest BCUT2D eigenvalue weighted by Crippen LogP contribution is -2.43. The number of hydrogen-bond acceptors (Lipinski definition) is 6. The van der Waals surface area contributed by atoms with E-state index in [4.69, 9.17) is 18.9 Å². The minimum atomic E-state index is -0.845. The van der Waals surface area contributed by atoms with Gasteiger partial charge in [-0.1, -0.05) is 30.3 Å². The first-order valence-corrected chi connectivity index (χ1v) is 8.26. The fourth-order valence-corrected chi connectivity index (χ4v) is 2.63. The monoisotopic (exact) mass is 373 g/mol. The van der Waals surface area contributed by atoms with Gasteiger partial charge >= 0.3 is 5.97 Å². The molecule has 1 amide bonds. The standard InChI is InChI=1S/C20H23NO6/c1-24-16-12-18(26-3)17(25-2)11-14(16)19(22)21-15(20(23)27-4)10-13-8-6-5-7-9-13/h5-9,11-12,15H,10H2,1-4H3,(H,21,22)/t15-/m0/s1. The molecule has 0 saturated heterocycles. The van der Waals surface area contributed by atoms with Gasteiger partial charge in [-0.25, -0.2) is 4.79 Å². The van der Waals surface area contributed by atoms with Crippen LogP contribution in [0.4, 0.5) is 0 Å². The van der Waals surface area contributed by atoms with Crippen LogP contribution < -0.4 is 19.5 Å². The molecule has 0 radical (unpaired) electrons. The molecule has 0 aliphatic rings. The van der Waals surface area contributed by atoms with Gasteiger partial charge in [-0.15, -0.1) is 0 Å². The molecule has 2 rings (SSSR count). The van der Waals surface area contributed by atoms with E-state index in [1.807, 2.05) is 30.3 Å². The van der Waals surface area contributed by atoms with Crippen LogP contribution in [0, 0.1) is 0 Å². The maximum Gasteiger partial charge on any atom is 0.328 e. The van der Waals surface area contributed by atoms with E-state index in [2.05, 4.69) is 5.32 Å². The SMILES string of the molecule is COC(=O)[C@H](Cc1ccccc1)NC(=O)c1cc(OC)c(OC)cc1OC. The van der Waals surface area contributed by atoms with Gasteiger partial charge in [0.05, 0.1) is 34.0 Å². The molecule has 2 aromatic rings. The molecule has 0 bridgehead atoms. The first kappa shape index (κ1) is 20.1. The summed E-state index contributed by atoms with van der Waals surface area (Å²) in [6, 6.07) is 11.6. The van der Waals surface area contributed by atoms with Gasteiger partial charge < -0.3 is 24.3 Å². The van der Waals surface area contributed by atoms with Crippen LogP contribution in [-0.4, -0.2) is 46.4 Å². The molecule has 27 heavy (non-hydrogen) atoms. The number of ether oxygens (including phenoxy) is 4. The average Bonchev–Trinajstić information content (AvgIpc) is 2.72. The zero-order valence-electron chi connectivity index (χ0n) is 15.8. The van der Waals surface area contributed by atoms with Crippen LogP contribution >= 0.6 is 0 Å². The lowest BCUT2D eigenvalue weighted by atomic mass is 10.0. The van der Waals surface area contributed by atoms with Crippen molar-refractivity contribution in [3.63, 3.8) is 0 Å². The maximum atomic E-state index is 12.8. The van der Waals surface area contributed by atoms with E-state index >= 15 is 0 Å². The van der Waals surface area contributed by atoms with Gasteiger partial charge in [0.1, 0.15) is 11.8 Å². The molecule has 0 spiro atoms. The number of hydrogen-bond donors (Lipinski definition) is 1. The zero-order valence-corrected chi connectivity index (χ0v) is 15.8. The van der Waals surface area contributed by atoms with Crippen LogP contribution in [0.2, 0.25) is 0 Å². The summed E-state index contributed by atoms with van der Waals surface area (Å²) in [5, 5.41) is 2.71. The zero-order chi connectivity index (χ0) is 19.8. The highest BCUT2D eigenvalue weighted by atomic mass is 16.5. The molecule has 7 heteroatoms. The Morgan fingerprint density at radius 3 is 2.04 bits per heavy atom. The van der Waals surface area contributed by atoms with E-state index < -0.39 is 17.9 Å². The average molecular weight is 373 g/mol. The molecule has 0 saturated carbocycles. The first-order valence-electron chi connectivity index (χ1n) is 8.26. The second-order valence-electron chi connectivity index (χ2n) is 5.65. The Labute approximate surface area is 158 Å². The topological polar surface area (TPSA) is 83.1 Å². The summed E-state index contributed by atoms with van der Waals surface area (Å²) in [5.74, 6) is 0.0834. The molecule has 0 fully saturated rings. The van der Waals surface area contributed by atoms with Crippen LogP contribution in [0.3, 0.4) is 0 Å². The molecule has 0 aromatic heterocycles. The molecule has 0 aliphatic carbocycles. The number of carbonyl (C=O) groups is 2. The Morgan fingerprint density at radius 2 is 1.48 bits per heavy atom. The van der Waals surface area contributed by atoms with Crippen molar-refractivity contribution in [3.8, 4) is 17.2 Å². The lowest BCUT2D eigenvalue weighted by molar-refractivity contribution is -0.142. The highest BCUT2D eigenvalue weighted by molar-refractivity contribution is 5.99. The second-order valence-corrected chi connectivity index (χ2v) is 5.65. The summed E-state index contributed by atoms with van der Waals surface area (Å²) >= 11 is 0. The molecule has 144 valence electrons. The smallest absolute Gasteiger partial charge is 0.328 e. The summed E-state index contributed by atoms with van der Waals surface area (Å²) in [7, 11) is 5.69.